The van der Waals surface area contributed by atoms with E-state index < -0.39 is 11.6 Å². The number of hydrogen-bond donors (Lipinski definition) is 1. The van der Waals surface area contributed by atoms with Gasteiger partial charge in [0.05, 0.1) is 5.69 Å². The number of nitrogen functional groups attached to an aromatic ring is 1. The van der Waals surface area contributed by atoms with Crippen LogP contribution in [0.4, 0.5) is 20.3 Å². The van der Waals surface area contributed by atoms with Crippen LogP contribution < -0.4 is 15.4 Å². The van der Waals surface area contributed by atoms with E-state index >= 15 is 0 Å². The number of pyridine rings is 1. The molecule has 7 heteroatoms. The van der Waals surface area contributed by atoms with Crippen molar-refractivity contribution in [2.24, 2.45) is 0 Å². The number of amides is 1. The van der Waals surface area contributed by atoms with E-state index in [9.17, 15) is 13.6 Å². The number of carbonyl (C=O) groups excluding carboxylic acids is 1. The summed E-state index contributed by atoms with van der Waals surface area (Å²) in [7, 11) is 0. The van der Waals surface area contributed by atoms with Gasteiger partial charge in [-0.25, -0.2) is 9.37 Å². The summed E-state index contributed by atoms with van der Waals surface area (Å²) < 4.78 is 32.5. The van der Waals surface area contributed by atoms with E-state index in [0.29, 0.717) is 12.2 Å². The van der Waals surface area contributed by atoms with Gasteiger partial charge in [0.2, 0.25) is 12.2 Å². The number of aromatic nitrogens is 1. The van der Waals surface area contributed by atoms with Crippen LogP contribution in [0.15, 0.2) is 30.5 Å². The molecule has 1 aliphatic carbocycles. The molecular formula is C15H13F2N3O2. The molecule has 0 radical (unpaired) electrons. The molecule has 1 fully saturated rings. The van der Waals surface area contributed by atoms with Crippen LogP contribution in [0.3, 0.4) is 0 Å². The molecular weight excluding hydrogens is 292 g/mol. The Kier molecular flexibility index (Phi) is 3.62. The van der Waals surface area contributed by atoms with E-state index in [1.807, 2.05) is 0 Å². The molecule has 114 valence electrons. The molecule has 3 rings (SSSR count). The first kappa shape index (κ1) is 14.2. The van der Waals surface area contributed by atoms with Gasteiger partial charge in [0.15, 0.2) is 11.6 Å². The average Bonchev–Trinajstić information content (AvgIpc) is 3.34. The molecule has 22 heavy (non-hydrogen) atoms. The number of ether oxygens (including phenoxy) is 1. The largest absolute Gasteiger partial charge is 0.454 e. The Morgan fingerprint density at radius 2 is 2.05 bits per heavy atom. The second-order valence-electron chi connectivity index (χ2n) is 4.98. The maximum Gasteiger partial charge on any atom is 0.215 e. The van der Waals surface area contributed by atoms with E-state index in [-0.39, 0.29) is 23.2 Å². The lowest BCUT2D eigenvalue weighted by Crippen LogP contribution is -2.24. The number of nitrogens with zero attached hydrogens (tertiary/aromatic N) is 2. The van der Waals surface area contributed by atoms with Gasteiger partial charge >= 0.3 is 0 Å². The zero-order valence-corrected chi connectivity index (χ0v) is 11.5. The number of halogens is 2. The van der Waals surface area contributed by atoms with Crippen molar-refractivity contribution in [3.63, 3.8) is 0 Å². The van der Waals surface area contributed by atoms with Crippen molar-refractivity contribution in [3.8, 4) is 11.5 Å². The Balaban J connectivity index is 1.87. The zero-order valence-electron chi connectivity index (χ0n) is 11.5. The lowest BCUT2D eigenvalue weighted by Gasteiger charge is -2.16. The molecule has 5 nitrogen and oxygen atoms in total. The predicted octanol–water partition coefficient (Wildman–Crippen LogP) is 2.86. The van der Waals surface area contributed by atoms with Gasteiger partial charge in [-0.15, -0.1) is 0 Å². The van der Waals surface area contributed by atoms with Gasteiger partial charge in [0.25, 0.3) is 0 Å². The highest BCUT2D eigenvalue weighted by Gasteiger charge is 2.30. The molecule has 0 aliphatic heterocycles. The lowest BCUT2D eigenvalue weighted by atomic mass is 10.3. The monoisotopic (exact) mass is 305 g/mol. The van der Waals surface area contributed by atoms with Crippen LogP contribution >= 0.6 is 0 Å². The van der Waals surface area contributed by atoms with Crippen molar-refractivity contribution >= 4 is 17.9 Å². The van der Waals surface area contributed by atoms with E-state index in [2.05, 4.69) is 4.98 Å². The van der Waals surface area contributed by atoms with Crippen LogP contribution in [0.2, 0.25) is 0 Å². The third-order valence-electron chi connectivity index (χ3n) is 3.34. The SMILES string of the molecule is Nc1ccc(Oc2ccnc(N(C=O)C3CC3)c2)c(F)c1F. The van der Waals surface area contributed by atoms with Gasteiger partial charge in [-0.2, -0.15) is 4.39 Å². The molecule has 2 aromatic rings. The van der Waals surface area contributed by atoms with Gasteiger partial charge in [-0.1, -0.05) is 0 Å². The molecule has 1 saturated carbocycles. The number of benzene rings is 1. The van der Waals surface area contributed by atoms with E-state index in [1.165, 1.54) is 35.4 Å². The fraction of sp³-hybridized carbons (Fsp3) is 0.200. The second kappa shape index (κ2) is 5.59. The smallest absolute Gasteiger partial charge is 0.215 e. The first-order valence-electron chi connectivity index (χ1n) is 6.71. The molecule has 1 aliphatic rings. The van der Waals surface area contributed by atoms with Crippen LogP contribution in [-0.2, 0) is 4.79 Å². The summed E-state index contributed by atoms with van der Waals surface area (Å²) in [6, 6.07) is 5.60. The summed E-state index contributed by atoms with van der Waals surface area (Å²) in [5, 5.41) is 0. The molecule has 0 spiro atoms. The van der Waals surface area contributed by atoms with Gasteiger partial charge in [0, 0.05) is 18.3 Å². The van der Waals surface area contributed by atoms with Crippen molar-refractivity contribution < 1.29 is 18.3 Å². The average molecular weight is 305 g/mol. The number of carbonyl (C=O) groups is 1. The summed E-state index contributed by atoms with van der Waals surface area (Å²) in [4.78, 5) is 16.7. The number of hydrogen-bond acceptors (Lipinski definition) is 4. The summed E-state index contributed by atoms with van der Waals surface area (Å²) in [6.45, 7) is 0. The Morgan fingerprint density at radius 1 is 1.27 bits per heavy atom. The van der Waals surface area contributed by atoms with Crippen LogP contribution in [-0.4, -0.2) is 17.4 Å². The standard InChI is InChI=1S/C15H13F2N3O2/c16-14-11(18)3-4-12(15(14)17)22-10-5-6-19-13(7-10)20(8-21)9-1-2-9/h3-9H,1-2,18H2. The van der Waals surface area contributed by atoms with Gasteiger partial charge in [-0.05, 0) is 31.0 Å². The fourth-order valence-electron chi connectivity index (χ4n) is 2.04. The first-order valence-corrected chi connectivity index (χ1v) is 6.71. The van der Waals surface area contributed by atoms with Crippen LogP contribution in [0.25, 0.3) is 0 Å². The van der Waals surface area contributed by atoms with E-state index in [4.69, 9.17) is 10.5 Å². The van der Waals surface area contributed by atoms with Gasteiger partial charge in [0.1, 0.15) is 11.6 Å². The Hall–Kier alpha value is -2.70. The van der Waals surface area contributed by atoms with E-state index in [1.54, 1.807) is 0 Å². The molecule has 1 aromatic carbocycles. The molecule has 1 amide bonds. The number of nitrogens with two attached hydrogens (primary N) is 1. The van der Waals surface area contributed by atoms with E-state index in [0.717, 1.165) is 12.8 Å². The van der Waals surface area contributed by atoms with Crippen LogP contribution in [0, 0.1) is 11.6 Å². The predicted molar refractivity (Wildman–Crippen MR) is 76.6 cm³/mol. The minimum Gasteiger partial charge on any atom is -0.454 e. The summed E-state index contributed by atoms with van der Waals surface area (Å²) in [6.07, 6.45) is 3.98. The zero-order chi connectivity index (χ0) is 15.7. The highest BCUT2D eigenvalue weighted by Crippen LogP contribution is 2.33. The van der Waals surface area contributed by atoms with Gasteiger partial charge < -0.3 is 10.5 Å². The molecule has 1 heterocycles. The third kappa shape index (κ3) is 2.69. The van der Waals surface area contributed by atoms with Crippen molar-refractivity contribution in [1.82, 2.24) is 4.98 Å². The number of rotatable bonds is 5. The normalized spacial score (nSPS) is 13.7. The first-order chi connectivity index (χ1) is 10.6. The Labute approximate surface area is 125 Å². The highest BCUT2D eigenvalue weighted by atomic mass is 19.2. The van der Waals surface area contributed by atoms with Crippen LogP contribution in [0.1, 0.15) is 12.8 Å². The number of anilines is 2. The molecule has 0 atom stereocenters. The second-order valence-corrected chi connectivity index (χ2v) is 4.98. The Bertz CT molecular complexity index is 720. The summed E-state index contributed by atoms with van der Waals surface area (Å²) >= 11 is 0. The third-order valence-corrected chi connectivity index (χ3v) is 3.34. The molecule has 0 unspecified atom stereocenters. The van der Waals surface area contributed by atoms with Crippen LogP contribution in [0.5, 0.6) is 11.5 Å². The molecule has 1 aromatic heterocycles. The maximum atomic E-state index is 13.7. The topological polar surface area (TPSA) is 68.5 Å². The highest BCUT2D eigenvalue weighted by molar-refractivity contribution is 5.75. The van der Waals surface area contributed by atoms with Crippen molar-refractivity contribution in [1.29, 1.82) is 0 Å². The molecule has 0 bridgehead atoms. The minimum absolute atomic E-state index is 0.144. The van der Waals surface area contributed by atoms with Crippen molar-refractivity contribution in [2.75, 3.05) is 10.6 Å². The molecule has 0 saturated heterocycles. The quantitative estimate of drug-likeness (QED) is 0.681. The maximum absolute atomic E-state index is 13.7. The Morgan fingerprint density at radius 3 is 2.73 bits per heavy atom. The van der Waals surface area contributed by atoms with Crippen molar-refractivity contribution in [3.05, 3.63) is 42.1 Å². The van der Waals surface area contributed by atoms with Gasteiger partial charge in [-0.3, -0.25) is 9.69 Å². The minimum atomic E-state index is -1.16. The fourth-order valence-corrected chi connectivity index (χ4v) is 2.04. The summed E-state index contributed by atoms with van der Waals surface area (Å²) in [5.41, 5.74) is 4.99. The summed E-state index contributed by atoms with van der Waals surface area (Å²) in [5.74, 6) is -1.94. The molecule has 2 N–H and O–H groups in total. The lowest BCUT2D eigenvalue weighted by molar-refractivity contribution is -0.107. The van der Waals surface area contributed by atoms with Crippen molar-refractivity contribution in [2.45, 2.75) is 18.9 Å².